The van der Waals surface area contributed by atoms with Crippen LogP contribution in [-0.4, -0.2) is 36.9 Å². The van der Waals surface area contributed by atoms with Gasteiger partial charge in [0.05, 0.1) is 17.5 Å². The van der Waals surface area contributed by atoms with Gasteiger partial charge in [-0.15, -0.1) is 0 Å². The van der Waals surface area contributed by atoms with Crippen molar-refractivity contribution in [3.8, 4) is 22.8 Å². The number of hydrogen-bond donors (Lipinski definition) is 2. The summed E-state index contributed by atoms with van der Waals surface area (Å²) in [6, 6.07) is 25.2. The van der Waals surface area contributed by atoms with Gasteiger partial charge >= 0.3 is 0 Å². The lowest BCUT2D eigenvalue weighted by Crippen LogP contribution is -2.21. The normalized spacial score (nSPS) is 11.5. The maximum absolute atomic E-state index is 11.3. The number of para-hydroxylation sites is 1. The molecule has 5 rings (SSSR count). The molecule has 2 N–H and O–H groups in total. The maximum atomic E-state index is 11.3. The molecular weight excluding hydrogens is 488 g/mol. The lowest BCUT2D eigenvalue weighted by Gasteiger charge is -2.10. The lowest BCUT2D eigenvalue weighted by atomic mass is 10.1. The SMILES string of the molecule is CS(=O)(=O)CCNCc1coc(-c2ccc3c(Nc4ccc(Oc5ccccc5)cc4)ncnc3c2)c1. The van der Waals surface area contributed by atoms with Crippen LogP contribution < -0.4 is 15.4 Å². The summed E-state index contributed by atoms with van der Waals surface area (Å²) in [5, 5.41) is 7.36. The zero-order valence-electron chi connectivity index (χ0n) is 20.2. The zero-order valence-corrected chi connectivity index (χ0v) is 21.0. The van der Waals surface area contributed by atoms with E-state index in [2.05, 4.69) is 20.6 Å². The van der Waals surface area contributed by atoms with Crippen molar-refractivity contribution in [3.05, 3.63) is 97.0 Å². The summed E-state index contributed by atoms with van der Waals surface area (Å²) in [7, 11) is -2.98. The molecule has 9 heteroatoms. The van der Waals surface area contributed by atoms with Crippen LogP contribution in [0, 0.1) is 0 Å². The highest BCUT2D eigenvalue weighted by Gasteiger charge is 2.10. The summed E-state index contributed by atoms with van der Waals surface area (Å²) in [5.74, 6) is 3.04. The Balaban J connectivity index is 1.26. The maximum Gasteiger partial charge on any atom is 0.148 e. The molecule has 0 amide bonds. The molecule has 0 radical (unpaired) electrons. The Morgan fingerprint density at radius 3 is 2.49 bits per heavy atom. The molecule has 0 aliphatic heterocycles. The fourth-order valence-electron chi connectivity index (χ4n) is 3.79. The molecule has 0 aliphatic rings. The highest BCUT2D eigenvalue weighted by Crippen LogP contribution is 2.30. The fraction of sp³-hybridized carbons (Fsp3) is 0.143. The number of furan rings is 1. The second-order valence-corrected chi connectivity index (χ2v) is 10.9. The van der Waals surface area contributed by atoms with E-state index in [4.69, 9.17) is 9.15 Å². The average molecular weight is 515 g/mol. The molecular formula is C28H26N4O4S. The van der Waals surface area contributed by atoms with E-state index in [1.807, 2.05) is 78.9 Å². The first-order chi connectivity index (χ1) is 17.9. The number of fused-ring (bicyclic) bond motifs is 1. The van der Waals surface area contributed by atoms with E-state index in [0.717, 1.165) is 39.2 Å². The van der Waals surface area contributed by atoms with Crippen molar-refractivity contribution in [1.29, 1.82) is 0 Å². The van der Waals surface area contributed by atoms with Crippen molar-refractivity contribution in [2.75, 3.05) is 23.9 Å². The highest BCUT2D eigenvalue weighted by molar-refractivity contribution is 7.90. The van der Waals surface area contributed by atoms with Crippen molar-refractivity contribution in [3.63, 3.8) is 0 Å². The molecule has 0 saturated carbocycles. The van der Waals surface area contributed by atoms with Crippen molar-refractivity contribution in [2.45, 2.75) is 6.54 Å². The summed E-state index contributed by atoms with van der Waals surface area (Å²) < 4.78 is 34.1. The van der Waals surface area contributed by atoms with Gasteiger partial charge in [0, 0.05) is 41.5 Å². The average Bonchev–Trinajstić information content (AvgIpc) is 3.37. The first kappa shape index (κ1) is 24.5. The van der Waals surface area contributed by atoms with E-state index < -0.39 is 9.84 Å². The summed E-state index contributed by atoms with van der Waals surface area (Å²) >= 11 is 0. The van der Waals surface area contributed by atoms with Gasteiger partial charge in [0.25, 0.3) is 0 Å². The number of nitrogens with one attached hydrogen (secondary N) is 2. The lowest BCUT2D eigenvalue weighted by molar-refractivity contribution is 0.483. The van der Waals surface area contributed by atoms with Crippen molar-refractivity contribution in [1.82, 2.24) is 15.3 Å². The van der Waals surface area contributed by atoms with Crippen molar-refractivity contribution in [2.24, 2.45) is 0 Å². The van der Waals surface area contributed by atoms with Crippen molar-refractivity contribution >= 4 is 32.2 Å². The van der Waals surface area contributed by atoms with E-state index in [0.29, 0.717) is 24.7 Å². The third-order valence-corrected chi connectivity index (χ3v) is 6.60. The van der Waals surface area contributed by atoms with Crippen LogP contribution >= 0.6 is 0 Å². The van der Waals surface area contributed by atoms with Gasteiger partial charge in [-0.05, 0) is 54.6 Å². The number of ether oxygens (including phenoxy) is 1. The standard InChI is InChI=1S/C28H26N4O4S/c1-37(33,34)14-13-29-17-20-15-27(35-18-20)21-7-12-25-26(16-21)30-19-31-28(25)32-22-8-10-24(11-9-22)36-23-5-3-2-4-6-23/h2-12,15-16,18-19,29H,13-14,17H2,1H3,(H,30,31,32). The number of benzene rings is 3. The van der Waals surface area contributed by atoms with Crippen LogP contribution in [-0.2, 0) is 16.4 Å². The summed E-state index contributed by atoms with van der Waals surface area (Å²) in [5.41, 5.74) is 3.49. The van der Waals surface area contributed by atoms with Crippen LogP contribution in [0.4, 0.5) is 11.5 Å². The van der Waals surface area contributed by atoms with Crippen LogP contribution in [0.15, 0.2) is 95.9 Å². The molecule has 0 bridgehead atoms. The van der Waals surface area contributed by atoms with Gasteiger partial charge in [0.2, 0.25) is 0 Å². The number of hydrogen-bond acceptors (Lipinski definition) is 8. The Hall–Kier alpha value is -4.21. The summed E-state index contributed by atoms with van der Waals surface area (Å²) in [6.45, 7) is 0.919. The zero-order chi connectivity index (χ0) is 25.7. The largest absolute Gasteiger partial charge is 0.464 e. The van der Waals surface area contributed by atoms with Crippen LogP contribution in [0.1, 0.15) is 5.56 Å². The molecule has 37 heavy (non-hydrogen) atoms. The molecule has 0 aliphatic carbocycles. The minimum Gasteiger partial charge on any atom is -0.464 e. The van der Waals surface area contributed by atoms with Gasteiger partial charge in [-0.2, -0.15) is 0 Å². The third-order valence-electron chi connectivity index (χ3n) is 5.65. The number of nitrogens with zero attached hydrogens (tertiary/aromatic N) is 2. The number of sulfone groups is 1. The van der Waals surface area contributed by atoms with Gasteiger partial charge in [0.1, 0.15) is 39.2 Å². The second kappa shape index (κ2) is 10.8. The van der Waals surface area contributed by atoms with Crippen LogP contribution in [0.2, 0.25) is 0 Å². The minimum atomic E-state index is -2.98. The Labute approximate surface area is 215 Å². The predicted octanol–water partition coefficient (Wildman–Crippen LogP) is 5.56. The second-order valence-electron chi connectivity index (χ2n) is 8.64. The quantitative estimate of drug-likeness (QED) is 0.233. The van der Waals surface area contributed by atoms with E-state index >= 15 is 0 Å². The van der Waals surface area contributed by atoms with E-state index in [1.54, 1.807) is 6.26 Å². The molecule has 0 unspecified atom stereocenters. The smallest absolute Gasteiger partial charge is 0.148 e. The Bertz CT molecular complexity index is 1600. The molecule has 0 fully saturated rings. The van der Waals surface area contributed by atoms with Crippen LogP contribution in [0.3, 0.4) is 0 Å². The Morgan fingerprint density at radius 2 is 1.70 bits per heavy atom. The molecule has 5 aromatic rings. The minimum absolute atomic E-state index is 0.101. The molecule has 3 aromatic carbocycles. The monoisotopic (exact) mass is 514 g/mol. The van der Waals surface area contributed by atoms with Gasteiger partial charge in [-0.3, -0.25) is 0 Å². The van der Waals surface area contributed by atoms with Gasteiger partial charge in [0.15, 0.2) is 0 Å². The van der Waals surface area contributed by atoms with Gasteiger partial charge < -0.3 is 19.8 Å². The molecule has 2 heterocycles. The highest BCUT2D eigenvalue weighted by atomic mass is 32.2. The Kier molecular flexibility index (Phi) is 7.16. The van der Waals surface area contributed by atoms with Crippen LogP contribution in [0.25, 0.3) is 22.2 Å². The van der Waals surface area contributed by atoms with E-state index in [9.17, 15) is 8.42 Å². The van der Waals surface area contributed by atoms with Gasteiger partial charge in [-0.1, -0.05) is 24.3 Å². The van der Waals surface area contributed by atoms with E-state index in [1.165, 1.54) is 12.6 Å². The van der Waals surface area contributed by atoms with Gasteiger partial charge in [-0.25, -0.2) is 18.4 Å². The van der Waals surface area contributed by atoms with Crippen LogP contribution in [0.5, 0.6) is 11.5 Å². The van der Waals surface area contributed by atoms with Crippen molar-refractivity contribution < 1.29 is 17.6 Å². The molecule has 0 atom stereocenters. The summed E-state index contributed by atoms with van der Waals surface area (Å²) in [6.07, 6.45) is 4.43. The molecule has 2 aromatic heterocycles. The number of rotatable bonds is 10. The Morgan fingerprint density at radius 1 is 0.919 bits per heavy atom. The number of anilines is 2. The number of aromatic nitrogens is 2. The first-order valence-electron chi connectivity index (χ1n) is 11.7. The first-order valence-corrected chi connectivity index (χ1v) is 13.8. The molecule has 0 spiro atoms. The fourth-order valence-corrected chi connectivity index (χ4v) is 4.30. The molecule has 0 saturated heterocycles. The molecule has 8 nitrogen and oxygen atoms in total. The topological polar surface area (TPSA) is 106 Å². The summed E-state index contributed by atoms with van der Waals surface area (Å²) in [4.78, 5) is 8.87. The van der Waals surface area contributed by atoms with E-state index in [-0.39, 0.29) is 5.75 Å². The third kappa shape index (κ3) is 6.52. The molecule has 188 valence electrons. The predicted molar refractivity (Wildman–Crippen MR) is 145 cm³/mol.